The SMILES string of the molecule is Cc1ccc(C(=O)O[C@H](C)C(=O)Nc2sccc2C(N)=O)c(O)c1. The van der Waals surface area contributed by atoms with Crippen LogP contribution in [-0.2, 0) is 9.53 Å². The van der Waals surface area contributed by atoms with Crippen LogP contribution in [0.4, 0.5) is 5.00 Å². The van der Waals surface area contributed by atoms with Crippen molar-refractivity contribution in [2.24, 2.45) is 5.73 Å². The fourth-order valence-electron chi connectivity index (χ4n) is 1.91. The van der Waals surface area contributed by atoms with Gasteiger partial charge in [-0.3, -0.25) is 9.59 Å². The van der Waals surface area contributed by atoms with Crippen LogP contribution in [0, 0.1) is 6.92 Å². The highest BCUT2D eigenvalue weighted by Gasteiger charge is 2.22. The third-order valence-electron chi connectivity index (χ3n) is 3.19. The molecule has 1 heterocycles. The van der Waals surface area contributed by atoms with Gasteiger partial charge >= 0.3 is 5.97 Å². The number of aryl methyl sites for hydroxylation is 1. The van der Waals surface area contributed by atoms with Gasteiger partial charge in [-0.15, -0.1) is 11.3 Å². The van der Waals surface area contributed by atoms with Crippen LogP contribution >= 0.6 is 11.3 Å². The Kier molecular flexibility index (Phi) is 5.20. The molecule has 0 aliphatic rings. The maximum atomic E-state index is 12.1. The molecule has 8 heteroatoms. The van der Waals surface area contributed by atoms with Gasteiger partial charge in [-0.2, -0.15) is 0 Å². The molecule has 2 rings (SSSR count). The van der Waals surface area contributed by atoms with E-state index in [0.717, 1.165) is 16.9 Å². The number of anilines is 1. The van der Waals surface area contributed by atoms with Crippen LogP contribution in [0.3, 0.4) is 0 Å². The molecule has 7 nitrogen and oxygen atoms in total. The smallest absolute Gasteiger partial charge is 0.342 e. The molecule has 0 radical (unpaired) electrons. The Bertz CT molecular complexity index is 800. The molecule has 2 amide bonds. The van der Waals surface area contributed by atoms with E-state index in [4.69, 9.17) is 10.5 Å². The van der Waals surface area contributed by atoms with E-state index in [1.165, 1.54) is 25.1 Å². The maximum absolute atomic E-state index is 12.1. The number of phenols is 1. The summed E-state index contributed by atoms with van der Waals surface area (Å²) in [5.41, 5.74) is 6.13. The molecule has 126 valence electrons. The Morgan fingerprint density at radius 3 is 2.58 bits per heavy atom. The van der Waals surface area contributed by atoms with E-state index in [-0.39, 0.29) is 21.9 Å². The highest BCUT2D eigenvalue weighted by Crippen LogP contribution is 2.23. The molecule has 24 heavy (non-hydrogen) atoms. The molecule has 0 saturated heterocycles. The molecule has 1 atom stereocenters. The number of esters is 1. The van der Waals surface area contributed by atoms with Gasteiger partial charge in [0.1, 0.15) is 16.3 Å². The van der Waals surface area contributed by atoms with Gasteiger partial charge < -0.3 is 20.9 Å². The number of nitrogens with one attached hydrogen (secondary N) is 1. The summed E-state index contributed by atoms with van der Waals surface area (Å²) >= 11 is 1.13. The van der Waals surface area contributed by atoms with Gasteiger partial charge in [-0.25, -0.2) is 4.79 Å². The molecule has 2 aromatic rings. The second-order valence-electron chi connectivity index (χ2n) is 5.09. The lowest BCUT2D eigenvalue weighted by Crippen LogP contribution is -2.30. The van der Waals surface area contributed by atoms with Crippen LogP contribution in [0.25, 0.3) is 0 Å². The number of benzene rings is 1. The molecule has 0 spiro atoms. The zero-order chi connectivity index (χ0) is 17.9. The van der Waals surface area contributed by atoms with Gasteiger partial charge in [0.25, 0.3) is 11.8 Å². The molecular formula is C16H16N2O5S. The Labute approximate surface area is 142 Å². The molecule has 0 saturated carbocycles. The van der Waals surface area contributed by atoms with Crippen LogP contribution in [0.15, 0.2) is 29.6 Å². The largest absolute Gasteiger partial charge is 0.507 e. The molecule has 4 N–H and O–H groups in total. The fourth-order valence-corrected chi connectivity index (χ4v) is 2.70. The summed E-state index contributed by atoms with van der Waals surface area (Å²) < 4.78 is 5.05. The Morgan fingerprint density at radius 2 is 1.96 bits per heavy atom. The molecule has 0 bridgehead atoms. The number of thiophene rings is 1. The topological polar surface area (TPSA) is 119 Å². The number of hydrogen-bond donors (Lipinski definition) is 3. The average Bonchev–Trinajstić information content (AvgIpc) is 2.95. The number of hydrogen-bond acceptors (Lipinski definition) is 6. The van der Waals surface area contributed by atoms with E-state index >= 15 is 0 Å². The minimum atomic E-state index is -1.12. The Hall–Kier alpha value is -2.87. The van der Waals surface area contributed by atoms with Crippen LogP contribution in [0.1, 0.15) is 33.2 Å². The zero-order valence-corrected chi connectivity index (χ0v) is 13.8. The first kappa shape index (κ1) is 17.5. The highest BCUT2D eigenvalue weighted by atomic mass is 32.1. The highest BCUT2D eigenvalue weighted by molar-refractivity contribution is 7.14. The number of amides is 2. The van der Waals surface area contributed by atoms with Crippen LogP contribution in [-0.4, -0.2) is 29.0 Å². The minimum absolute atomic E-state index is 0.0331. The van der Waals surface area contributed by atoms with Crippen LogP contribution in [0.5, 0.6) is 5.75 Å². The van der Waals surface area contributed by atoms with Crippen molar-refractivity contribution in [3.8, 4) is 5.75 Å². The van der Waals surface area contributed by atoms with E-state index in [9.17, 15) is 19.5 Å². The number of ether oxygens (including phenoxy) is 1. The summed E-state index contributed by atoms with van der Waals surface area (Å²) in [6.07, 6.45) is -1.12. The Balaban J connectivity index is 2.04. The summed E-state index contributed by atoms with van der Waals surface area (Å²) in [6.45, 7) is 3.15. The van der Waals surface area contributed by atoms with Crippen molar-refractivity contribution in [2.45, 2.75) is 20.0 Å². The van der Waals surface area contributed by atoms with Crippen molar-refractivity contribution in [3.05, 3.63) is 46.3 Å². The second kappa shape index (κ2) is 7.14. The quantitative estimate of drug-likeness (QED) is 0.715. The summed E-state index contributed by atoms with van der Waals surface area (Å²) in [4.78, 5) is 35.4. The first-order valence-corrected chi connectivity index (χ1v) is 7.86. The van der Waals surface area contributed by atoms with Crippen molar-refractivity contribution in [1.29, 1.82) is 0 Å². The molecular weight excluding hydrogens is 332 g/mol. The third-order valence-corrected chi connectivity index (χ3v) is 4.02. The summed E-state index contributed by atoms with van der Waals surface area (Å²) in [5.74, 6) is -2.32. The van der Waals surface area contributed by atoms with Gasteiger partial charge in [0.05, 0.1) is 5.56 Å². The number of nitrogens with two attached hydrogens (primary N) is 1. The molecule has 1 aromatic carbocycles. The van der Waals surface area contributed by atoms with Crippen molar-refractivity contribution in [3.63, 3.8) is 0 Å². The first-order valence-electron chi connectivity index (χ1n) is 6.98. The lowest BCUT2D eigenvalue weighted by atomic mass is 10.1. The van der Waals surface area contributed by atoms with E-state index in [2.05, 4.69) is 5.32 Å². The van der Waals surface area contributed by atoms with E-state index < -0.39 is 23.9 Å². The van der Waals surface area contributed by atoms with Gasteiger partial charge in [0, 0.05) is 0 Å². The molecule has 0 fully saturated rings. The number of carbonyl (C=O) groups excluding carboxylic acids is 3. The third kappa shape index (κ3) is 3.90. The molecule has 0 aliphatic carbocycles. The maximum Gasteiger partial charge on any atom is 0.342 e. The van der Waals surface area contributed by atoms with E-state index in [1.54, 1.807) is 18.4 Å². The normalized spacial score (nSPS) is 11.6. The average molecular weight is 348 g/mol. The van der Waals surface area contributed by atoms with Gasteiger partial charge in [0.2, 0.25) is 0 Å². The number of phenolic OH excluding ortho intramolecular Hbond substituents is 1. The number of rotatable bonds is 5. The standard InChI is InChI=1S/C16H16N2O5S/c1-8-3-4-10(12(19)7-8)16(22)23-9(2)14(21)18-15-11(13(17)20)5-6-24-15/h3-7,9,19H,1-2H3,(H2,17,20)(H,18,21)/t9-/m1/s1. The van der Waals surface area contributed by atoms with E-state index in [1.807, 2.05) is 0 Å². The predicted octanol–water partition coefficient (Wildman–Crippen LogP) is 2.05. The minimum Gasteiger partial charge on any atom is -0.507 e. The van der Waals surface area contributed by atoms with E-state index in [0.29, 0.717) is 0 Å². The molecule has 1 aromatic heterocycles. The monoisotopic (exact) mass is 348 g/mol. The van der Waals surface area contributed by atoms with Crippen molar-refractivity contribution >= 4 is 34.1 Å². The Morgan fingerprint density at radius 1 is 1.25 bits per heavy atom. The van der Waals surface area contributed by atoms with Crippen LogP contribution < -0.4 is 11.1 Å². The number of carbonyl (C=O) groups is 3. The second-order valence-corrected chi connectivity index (χ2v) is 6.00. The fraction of sp³-hybridized carbons (Fsp3) is 0.188. The first-order chi connectivity index (χ1) is 11.3. The molecule has 0 aliphatic heterocycles. The summed E-state index contributed by atoms with van der Waals surface area (Å²) in [5, 5.41) is 14.2. The van der Waals surface area contributed by atoms with Crippen molar-refractivity contribution < 1.29 is 24.2 Å². The van der Waals surface area contributed by atoms with Gasteiger partial charge in [-0.1, -0.05) is 6.07 Å². The zero-order valence-electron chi connectivity index (χ0n) is 13.0. The van der Waals surface area contributed by atoms with Gasteiger partial charge in [-0.05, 0) is 43.0 Å². The molecule has 0 unspecified atom stereocenters. The van der Waals surface area contributed by atoms with Crippen LogP contribution in [0.2, 0.25) is 0 Å². The number of aromatic hydroxyl groups is 1. The predicted molar refractivity (Wildman–Crippen MR) is 89.2 cm³/mol. The lowest BCUT2D eigenvalue weighted by molar-refractivity contribution is -0.123. The number of primary amides is 1. The summed E-state index contributed by atoms with van der Waals surface area (Å²) in [7, 11) is 0. The van der Waals surface area contributed by atoms with Gasteiger partial charge in [0.15, 0.2) is 6.10 Å². The summed E-state index contributed by atoms with van der Waals surface area (Å²) in [6, 6.07) is 5.98. The van der Waals surface area contributed by atoms with Crippen molar-refractivity contribution in [2.75, 3.05) is 5.32 Å². The lowest BCUT2D eigenvalue weighted by Gasteiger charge is -2.14. The van der Waals surface area contributed by atoms with Crippen molar-refractivity contribution in [1.82, 2.24) is 0 Å².